The van der Waals surface area contributed by atoms with E-state index in [0.717, 1.165) is 56.1 Å². The van der Waals surface area contributed by atoms with Crippen LogP contribution in [0.2, 0.25) is 0 Å². The van der Waals surface area contributed by atoms with Gasteiger partial charge in [0.05, 0.1) is 17.0 Å². The smallest absolute Gasteiger partial charge is 0.328 e. The van der Waals surface area contributed by atoms with E-state index in [0.29, 0.717) is 23.4 Å². The minimum Gasteiger partial charge on any atom is -0.490 e. The van der Waals surface area contributed by atoms with Crippen molar-refractivity contribution >= 4 is 49.9 Å². The van der Waals surface area contributed by atoms with E-state index in [1.807, 2.05) is 30.3 Å². The van der Waals surface area contributed by atoms with Crippen LogP contribution in [0.3, 0.4) is 0 Å². The number of aromatic nitrogens is 1. The fourth-order valence-corrected chi connectivity index (χ4v) is 8.13. The highest BCUT2D eigenvalue weighted by atomic mass is 79.9. The monoisotopic (exact) mass is 654 g/mol. The van der Waals surface area contributed by atoms with Gasteiger partial charge in [0, 0.05) is 22.4 Å². The Morgan fingerprint density at radius 1 is 1.05 bits per heavy atom. The molecule has 2 aromatic heterocycles. The van der Waals surface area contributed by atoms with E-state index in [4.69, 9.17) is 14.5 Å². The first-order valence-corrected chi connectivity index (χ1v) is 16.9. The largest absolute Gasteiger partial charge is 0.490 e. The second-order valence-corrected chi connectivity index (χ2v) is 15.7. The number of carbonyl (C=O) groups excluding carboxylic acids is 2. The van der Waals surface area contributed by atoms with Crippen molar-refractivity contribution in [3.8, 4) is 5.75 Å². The Balaban J connectivity index is 1.37. The number of hydrogen-bond acceptors (Lipinski definition) is 6. The lowest BCUT2D eigenvalue weighted by atomic mass is 9.72. The number of nitrogens with zero attached hydrogens (tertiary/aromatic N) is 1. The third-order valence-corrected chi connectivity index (χ3v) is 10.7. The minimum absolute atomic E-state index is 0.233. The molecule has 2 heterocycles. The fourth-order valence-electron chi connectivity index (χ4n) is 6.60. The van der Waals surface area contributed by atoms with Gasteiger partial charge in [-0.15, -0.1) is 11.3 Å². The number of thiophene rings is 1. The molecule has 2 saturated carbocycles. The molecule has 0 aliphatic heterocycles. The maximum atomic E-state index is 13.5. The lowest BCUT2D eigenvalue weighted by Gasteiger charge is -2.37. The van der Waals surface area contributed by atoms with Crippen molar-refractivity contribution < 1.29 is 19.1 Å². The van der Waals surface area contributed by atoms with Crippen LogP contribution in [0, 0.1) is 17.3 Å². The van der Waals surface area contributed by atoms with Crippen LogP contribution in [0.25, 0.3) is 10.8 Å². The zero-order valence-corrected chi connectivity index (χ0v) is 27.6. The van der Waals surface area contributed by atoms with Crippen LogP contribution in [0.5, 0.6) is 5.75 Å². The molecule has 226 valence electrons. The average molecular weight is 656 g/mol. The van der Waals surface area contributed by atoms with E-state index in [-0.39, 0.29) is 12.0 Å². The topological polar surface area (TPSA) is 77.5 Å². The van der Waals surface area contributed by atoms with E-state index < -0.39 is 12.0 Å². The quantitative estimate of drug-likeness (QED) is 0.235. The number of nitrogens with one attached hydrogen (secondary N) is 1. The molecule has 0 unspecified atom stereocenters. The number of rotatable bonds is 9. The summed E-state index contributed by atoms with van der Waals surface area (Å²) in [5, 5.41) is 4.91. The van der Waals surface area contributed by atoms with Gasteiger partial charge < -0.3 is 14.8 Å². The molecule has 0 saturated heterocycles. The van der Waals surface area contributed by atoms with Gasteiger partial charge in [0.1, 0.15) is 17.5 Å². The van der Waals surface area contributed by atoms with Gasteiger partial charge in [-0.1, -0.05) is 52.5 Å². The number of hydrogen-bond donors (Lipinski definition) is 1. The van der Waals surface area contributed by atoms with E-state index in [2.05, 4.69) is 48.1 Å². The summed E-state index contributed by atoms with van der Waals surface area (Å²) in [5.41, 5.74) is 1.60. The van der Waals surface area contributed by atoms with Crippen LogP contribution in [-0.4, -0.2) is 36.1 Å². The van der Waals surface area contributed by atoms with Crippen molar-refractivity contribution in [3.05, 3.63) is 56.4 Å². The molecule has 1 N–H and O–H groups in total. The highest BCUT2D eigenvalue weighted by molar-refractivity contribution is 9.11. The molecule has 42 heavy (non-hydrogen) atoms. The van der Waals surface area contributed by atoms with Crippen molar-refractivity contribution in [2.24, 2.45) is 17.3 Å². The van der Waals surface area contributed by atoms with Crippen LogP contribution < -0.4 is 10.1 Å². The molecule has 0 bridgehead atoms. The van der Waals surface area contributed by atoms with E-state index in [9.17, 15) is 9.59 Å². The number of fused-ring (bicyclic) bond motifs is 1. The first-order chi connectivity index (χ1) is 20.1. The predicted molar refractivity (Wildman–Crippen MR) is 172 cm³/mol. The van der Waals surface area contributed by atoms with Gasteiger partial charge >= 0.3 is 5.97 Å². The maximum Gasteiger partial charge on any atom is 0.328 e. The number of benzene rings is 1. The molecule has 1 aromatic carbocycles. The van der Waals surface area contributed by atoms with Gasteiger partial charge in [-0.3, -0.25) is 4.79 Å². The maximum absolute atomic E-state index is 13.5. The molecular formula is C34H43BrN2O4S. The van der Waals surface area contributed by atoms with Crippen molar-refractivity contribution in [1.82, 2.24) is 10.3 Å². The first kappa shape index (κ1) is 31.0. The van der Waals surface area contributed by atoms with Crippen molar-refractivity contribution in [2.75, 3.05) is 7.11 Å². The Kier molecular flexibility index (Phi) is 9.93. The van der Waals surface area contributed by atoms with Crippen molar-refractivity contribution in [1.29, 1.82) is 0 Å². The second-order valence-electron chi connectivity index (χ2n) is 13.1. The molecular weight excluding hydrogens is 612 g/mol. The third kappa shape index (κ3) is 7.73. The summed E-state index contributed by atoms with van der Waals surface area (Å²) >= 11 is 5.00. The van der Waals surface area contributed by atoms with Crippen molar-refractivity contribution in [3.63, 3.8) is 0 Å². The van der Waals surface area contributed by atoms with Gasteiger partial charge in [0.2, 0.25) is 0 Å². The number of ether oxygens (including phenoxy) is 2. The Bertz CT molecular complexity index is 1400. The zero-order valence-electron chi connectivity index (χ0n) is 25.2. The van der Waals surface area contributed by atoms with Gasteiger partial charge in [0.25, 0.3) is 5.91 Å². The Morgan fingerprint density at radius 3 is 2.43 bits per heavy atom. The number of pyridine rings is 1. The molecule has 6 nitrogen and oxygen atoms in total. The Morgan fingerprint density at radius 2 is 1.79 bits per heavy atom. The SMILES string of the molecule is COC(=O)[C@H](Cc1ccc(Br)s1)NC(=O)c1cc2ccc(O[C@H]3CC[C@H](C(C)(C)C)CC3)cc2c(CC2CCCC2)n1. The van der Waals surface area contributed by atoms with Gasteiger partial charge in [0.15, 0.2) is 0 Å². The lowest BCUT2D eigenvalue weighted by molar-refractivity contribution is -0.142. The number of amides is 1. The number of halogens is 1. The molecule has 5 rings (SSSR count). The fraction of sp³-hybridized carbons (Fsp3) is 0.559. The summed E-state index contributed by atoms with van der Waals surface area (Å²) < 4.78 is 12.5. The lowest BCUT2D eigenvalue weighted by Crippen LogP contribution is -2.43. The second kappa shape index (κ2) is 13.5. The standard InChI is InChI=1S/C34H43BrN2O4S/c1-34(2,3)23-10-13-24(14-11-23)41-25-12-9-22-18-29(36-28(27(22)19-25)17-21-7-5-6-8-21)32(38)37-30(33(39)40-4)20-26-15-16-31(35)42-26/h9,12,15-16,18-19,21,23-24,30H,5-8,10-11,13-14,17,20H2,1-4H3,(H,37,38)/t23-,24-,30-/m0/s1. The molecule has 1 atom stereocenters. The van der Waals surface area contributed by atoms with E-state index >= 15 is 0 Å². The summed E-state index contributed by atoms with van der Waals surface area (Å²) in [6, 6.07) is 11.1. The molecule has 2 fully saturated rings. The summed E-state index contributed by atoms with van der Waals surface area (Å²) in [6.45, 7) is 7.02. The van der Waals surface area contributed by atoms with E-state index in [1.165, 1.54) is 57.0 Å². The molecule has 8 heteroatoms. The molecule has 1 amide bonds. The summed E-state index contributed by atoms with van der Waals surface area (Å²) in [5.74, 6) is 1.34. The van der Waals surface area contributed by atoms with Gasteiger partial charge in [-0.2, -0.15) is 0 Å². The van der Waals surface area contributed by atoms with Gasteiger partial charge in [-0.25, -0.2) is 9.78 Å². The summed E-state index contributed by atoms with van der Waals surface area (Å²) in [4.78, 5) is 32.0. The van der Waals surface area contributed by atoms with Crippen LogP contribution >= 0.6 is 27.3 Å². The van der Waals surface area contributed by atoms with Crippen LogP contribution in [0.1, 0.15) is 93.2 Å². The van der Waals surface area contributed by atoms with Gasteiger partial charge in [-0.05, 0) is 101 Å². The summed E-state index contributed by atoms with van der Waals surface area (Å²) in [6.07, 6.45) is 10.8. The van der Waals surface area contributed by atoms with Crippen LogP contribution in [-0.2, 0) is 22.4 Å². The highest BCUT2D eigenvalue weighted by Gasteiger charge is 2.31. The molecule has 2 aliphatic carbocycles. The molecule has 3 aromatic rings. The van der Waals surface area contributed by atoms with Crippen LogP contribution in [0.15, 0.2) is 40.2 Å². The number of carbonyl (C=O) groups is 2. The highest BCUT2D eigenvalue weighted by Crippen LogP contribution is 2.39. The zero-order chi connectivity index (χ0) is 29.9. The number of esters is 1. The summed E-state index contributed by atoms with van der Waals surface area (Å²) in [7, 11) is 1.34. The number of methoxy groups -OCH3 is 1. The predicted octanol–water partition coefficient (Wildman–Crippen LogP) is 8.29. The first-order valence-electron chi connectivity index (χ1n) is 15.3. The normalized spacial score (nSPS) is 20.4. The van der Waals surface area contributed by atoms with Crippen LogP contribution in [0.4, 0.5) is 0 Å². The Labute approximate surface area is 262 Å². The minimum atomic E-state index is -0.798. The molecule has 0 spiro atoms. The average Bonchev–Trinajstić information content (AvgIpc) is 3.63. The molecule has 2 aliphatic rings. The third-order valence-electron chi connectivity index (χ3n) is 9.10. The molecule has 0 radical (unpaired) electrons. The van der Waals surface area contributed by atoms with E-state index in [1.54, 1.807) is 0 Å². The Hall–Kier alpha value is -2.45. The van der Waals surface area contributed by atoms with Crippen molar-refractivity contribution in [2.45, 2.75) is 97.1 Å².